The van der Waals surface area contributed by atoms with Crippen LogP contribution in [0.15, 0.2) is 72.3 Å². The molecule has 1 unspecified atom stereocenters. The molecule has 0 bridgehead atoms. The van der Waals surface area contributed by atoms with E-state index in [1.54, 1.807) is 80.9 Å². The van der Waals surface area contributed by atoms with Crippen molar-refractivity contribution in [1.82, 2.24) is 4.90 Å². The van der Waals surface area contributed by atoms with Crippen LogP contribution >= 0.6 is 0 Å². The Labute approximate surface area is 228 Å². The summed E-state index contributed by atoms with van der Waals surface area (Å²) in [6, 6.07) is 18.5. The number of rotatable bonds is 10. The molecule has 8 nitrogen and oxygen atoms in total. The topological polar surface area (TPSA) is 94.5 Å². The molecule has 1 fully saturated rings. The maximum Gasteiger partial charge on any atom is 0.295 e. The highest BCUT2D eigenvalue weighted by atomic mass is 16.5. The molecule has 39 heavy (non-hydrogen) atoms. The van der Waals surface area contributed by atoms with Crippen LogP contribution in [0.5, 0.6) is 23.0 Å². The number of ketones is 1. The van der Waals surface area contributed by atoms with Crippen molar-refractivity contribution in [2.24, 2.45) is 5.92 Å². The molecule has 0 aliphatic carbocycles. The standard InChI is InChI=1S/C31H33NO7/c1-19(2)18-39-24-8-6-7-22(16-24)29(33)27-28(21-10-12-23(36-3)13-11-21)32(31(35)30(27)34)17-20-9-14-25(37-4)26(15-20)38-5/h6-16,19,28,33H,17-18H2,1-5H3/b29-27+. The molecule has 3 aromatic carbocycles. The van der Waals surface area contributed by atoms with Gasteiger partial charge in [-0.1, -0.05) is 44.2 Å². The smallest absolute Gasteiger partial charge is 0.295 e. The number of aliphatic hydroxyl groups excluding tert-OH is 1. The third-order valence-electron chi connectivity index (χ3n) is 6.46. The highest BCUT2D eigenvalue weighted by Gasteiger charge is 2.46. The quantitative estimate of drug-likeness (QED) is 0.214. The van der Waals surface area contributed by atoms with Crippen molar-refractivity contribution in [3.05, 3.63) is 89.0 Å². The third-order valence-corrected chi connectivity index (χ3v) is 6.46. The molecule has 1 aliphatic rings. The second-order valence-corrected chi connectivity index (χ2v) is 9.62. The molecule has 0 spiro atoms. The van der Waals surface area contributed by atoms with Gasteiger partial charge in [-0.25, -0.2) is 0 Å². The molecule has 1 atom stereocenters. The summed E-state index contributed by atoms with van der Waals surface area (Å²) in [4.78, 5) is 28.3. The van der Waals surface area contributed by atoms with E-state index < -0.39 is 17.7 Å². The van der Waals surface area contributed by atoms with E-state index >= 15 is 0 Å². The van der Waals surface area contributed by atoms with Crippen LogP contribution in [-0.2, 0) is 16.1 Å². The SMILES string of the molecule is COc1ccc(C2/C(=C(\O)c3cccc(OCC(C)C)c3)C(=O)C(=O)N2Cc2ccc(OC)c(OC)c2)cc1. The lowest BCUT2D eigenvalue weighted by Crippen LogP contribution is -2.29. The van der Waals surface area contributed by atoms with Gasteiger partial charge in [-0.05, 0) is 53.4 Å². The molecule has 1 N–H and O–H groups in total. The number of carbonyl (C=O) groups is 2. The predicted molar refractivity (Wildman–Crippen MR) is 147 cm³/mol. The largest absolute Gasteiger partial charge is 0.507 e. The lowest BCUT2D eigenvalue weighted by molar-refractivity contribution is -0.140. The Morgan fingerprint density at radius 2 is 1.59 bits per heavy atom. The van der Waals surface area contributed by atoms with Gasteiger partial charge in [-0.2, -0.15) is 0 Å². The lowest BCUT2D eigenvalue weighted by Gasteiger charge is -2.26. The van der Waals surface area contributed by atoms with Crippen molar-refractivity contribution < 1.29 is 33.6 Å². The van der Waals surface area contributed by atoms with Gasteiger partial charge in [0.1, 0.15) is 17.3 Å². The van der Waals surface area contributed by atoms with E-state index in [0.717, 1.165) is 5.56 Å². The molecule has 0 aromatic heterocycles. The Morgan fingerprint density at radius 1 is 0.872 bits per heavy atom. The first-order valence-corrected chi connectivity index (χ1v) is 12.6. The van der Waals surface area contributed by atoms with Gasteiger partial charge in [0, 0.05) is 12.1 Å². The number of benzene rings is 3. The van der Waals surface area contributed by atoms with Crippen LogP contribution in [0.25, 0.3) is 5.76 Å². The first-order chi connectivity index (χ1) is 18.8. The Bertz CT molecular complexity index is 1380. The monoisotopic (exact) mass is 531 g/mol. The zero-order valence-corrected chi connectivity index (χ0v) is 22.8. The third kappa shape index (κ3) is 5.85. The summed E-state index contributed by atoms with van der Waals surface area (Å²) in [6.45, 7) is 4.69. The molecule has 1 amide bonds. The van der Waals surface area contributed by atoms with E-state index in [1.165, 1.54) is 12.0 Å². The number of Topliss-reactive ketones (excluding diaryl/α,β-unsaturated/α-hetero) is 1. The molecular formula is C31H33NO7. The number of nitrogens with zero attached hydrogens (tertiary/aromatic N) is 1. The van der Waals surface area contributed by atoms with Crippen molar-refractivity contribution >= 4 is 17.4 Å². The van der Waals surface area contributed by atoms with Gasteiger partial charge in [0.15, 0.2) is 11.5 Å². The highest BCUT2D eigenvalue weighted by molar-refractivity contribution is 6.46. The summed E-state index contributed by atoms with van der Waals surface area (Å²) < 4.78 is 21.9. The number of hydrogen-bond donors (Lipinski definition) is 1. The van der Waals surface area contributed by atoms with Crippen LogP contribution in [0.3, 0.4) is 0 Å². The summed E-state index contributed by atoms with van der Waals surface area (Å²) >= 11 is 0. The first kappa shape index (κ1) is 27.6. The Kier molecular flexibility index (Phi) is 8.44. The molecule has 0 saturated carbocycles. The van der Waals surface area contributed by atoms with Crippen LogP contribution in [0.4, 0.5) is 0 Å². The van der Waals surface area contributed by atoms with E-state index in [0.29, 0.717) is 46.6 Å². The molecule has 1 saturated heterocycles. The average Bonchev–Trinajstić information content (AvgIpc) is 3.20. The number of aliphatic hydroxyl groups is 1. The van der Waals surface area contributed by atoms with Gasteiger partial charge in [-0.3, -0.25) is 9.59 Å². The van der Waals surface area contributed by atoms with Crippen molar-refractivity contribution in [2.45, 2.75) is 26.4 Å². The van der Waals surface area contributed by atoms with E-state index in [1.807, 2.05) is 13.8 Å². The van der Waals surface area contributed by atoms with Crippen LogP contribution in [0, 0.1) is 5.92 Å². The van der Waals surface area contributed by atoms with Gasteiger partial charge in [0.05, 0.1) is 39.6 Å². The van der Waals surface area contributed by atoms with Crippen LogP contribution in [0.1, 0.15) is 36.6 Å². The molecular weight excluding hydrogens is 498 g/mol. The second kappa shape index (κ2) is 11.9. The molecule has 8 heteroatoms. The van der Waals surface area contributed by atoms with Crippen molar-refractivity contribution in [3.8, 4) is 23.0 Å². The normalized spacial score (nSPS) is 16.5. The van der Waals surface area contributed by atoms with E-state index in [-0.39, 0.29) is 17.9 Å². The van der Waals surface area contributed by atoms with Crippen LogP contribution in [-0.4, -0.2) is 49.6 Å². The fraction of sp³-hybridized carbons (Fsp3) is 0.290. The summed E-state index contributed by atoms with van der Waals surface area (Å²) in [6.07, 6.45) is 0. The molecule has 1 heterocycles. The minimum Gasteiger partial charge on any atom is -0.507 e. The van der Waals surface area contributed by atoms with E-state index in [4.69, 9.17) is 18.9 Å². The number of carbonyl (C=O) groups excluding carboxylic acids is 2. The summed E-state index contributed by atoms with van der Waals surface area (Å²) in [5, 5.41) is 11.4. The second-order valence-electron chi connectivity index (χ2n) is 9.62. The van der Waals surface area contributed by atoms with Crippen molar-refractivity contribution in [3.63, 3.8) is 0 Å². The lowest BCUT2D eigenvalue weighted by atomic mass is 9.95. The van der Waals surface area contributed by atoms with Crippen LogP contribution in [0.2, 0.25) is 0 Å². The van der Waals surface area contributed by atoms with Crippen molar-refractivity contribution in [1.29, 1.82) is 0 Å². The Balaban J connectivity index is 1.80. The number of methoxy groups -OCH3 is 3. The number of likely N-dealkylation sites (tertiary alicyclic amines) is 1. The van der Waals surface area contributed by atoms with Crippen LogP contribution < -0.4 is 18.9 Å². The first-order valence-electron chi connectivity index (χ1n) is 12.6. The molecule has 0 radical (unpaired) electrons. The zero-order chi connectivity index (χ0) is 28.1. The molecule has 4 rings (SSSR count). The maximum absolute atomic E-state index is 13.4. The van der Waals surface area contributed by atoms with Gasteiger partial charge in [0.25, 0.3) is 11.7 Å². The number of hydrogen-bond acceptors (Lipinski definition) is 7. The average molecular weight is 532 g/mol. The summed E-state index contributed by atoms with van der Waals surface area (Å²) in [5.74, 6) is 0.833. The van der Waals surface area contributed by atoms with Gasteiger partial charge < -0.3 is 29.0 Å². The predicted octanol–water partition coefficient (Wildman–Crippen LogP) is 5.37. The van der Waals surface area contributed by atoms with Crippen molar-refractivity contribution in [2.75, 3.05) is 27.9 Å². The van der Waals surface area contributed by atoms with E-state index in [2.05, 4.69) is 0 Å². The van der Waals surface area contributed by atoms with Gasteiger partial charge in [0.2, 0.25) is 0 Å². The Hall–Kier alpha value is -4.46. The fourth-order valence-electron chi connectivity index (χ4n) is 4.50. The number of ether oxygens (including phenoxy) is 4. The molecule has 3 aromatic rings. The van der Waals surface area contributed by atoms with Gasteiger partial charge >= 0.3 is 0 Å². The summed E-state index contributed by atoms with van der Waals surface area (Å²) in [5.41, 5.74) is 1.78. The molecule has 1 aliphatic heterocycles. The highest BCUT2D eigenvalue weighted by Crippen LogP contribution is 2.41. The van der Waals surface area contributed by atoms with E-state index in [9.17, 15) is 14.7 Å². The fourth-order valence-corrected chi connectivity index (χ4v) is 4.50. The zero-order valence-electron chi connectivity index (χ0n) is 22.8. The maximum atomic E-state index is 13.4. The minimum absolute atomic E-state index is 0.00616. The number of amides is 1. The van der Waals surface area contributed by atoms with Gasteiger partial charge in [-0.15, -0.1) is 0 Å². The molecule has 204 valence electrons. The minimum atomic E-state index is -0.829. The Morgan fingerprint density at radius 3 is 2.23 bits per heavy atom. The summed E-state index contributed by atoms with van der Waals surface area (Å²) in [7, 11) is 4.64.